The van der Waals surface area contributed by atoms with E-state index in [1.165, 1.54) is 35.1 Å². The van der Waals surface area contributed by atoms with Crippen LogP contribution in [0.25, 0.3) is 0 Å². The Morgan fingerprint density at radius 2 is 1.85 bits per heavy atom. The number of carbonyl (C=O) groups excluding carboxylic acids is 2. The molecule has 14 nitrogen and oxygen atoms in total. The van der Waals surface area contributed by atoms with E-state index in [0.717, 1.165) is 11.3 Å². The average molecular weight is 563 g/mol. The predicted octanol–water partition coefficient (Wildman–Crippen LogP) is 3.88. The minimum atomic E-state index is -0.955. The standard InChI is InChI=1S/C27H26N6O8/c1-31-22(11-12-28-31)26(34)29-25-14-23(32(30-25)15-17-3-7-19(38-2)8-4-17)24-13-21(16-39-24)41-27(35)40-20-9-5-18(6-10-20)33(36)37/h3-12,14,21,24H,13,15-16H2,1-2H3,(H,29,30,34). The summed E-state index contributed by atoms with van der Waals surface area (Å²) in [5, 5.41) is 22.2. The van der Waals surface area contributed by atoms with Crippen molar-refractivity contribution in [2.45, 2.75) is 25.2 Å². The molecule has 14 heteroatoms. The third-order valence-electron chi connectivity index (χ3n) is 6.40. The molecule has 1 saturated heterocycles. The number of aromatic nitrogens is 4. The van der Waals surface area contributed by atoms with Gasteiger partial charge >= 0.3 is 6.16 Å². The van der Waals surface area contributed by atoms with Crippen LogP contribution in [0.4, 0.5) is 16.3 Å². The first-order valence-corrected chi connectivity index (χ1v) is 12.5. The molecule has 2 unspecified atom stereocenters. The molecule has 0 saturated carbocycles. The Hall–Kier alpha value is -5.24. The van der Waals surface area contributed by atoms with Crippen molar-refractivity contribution in [1.82, 2.24) is 19.6 Å². The number of nitro benzene ring substituents is 1. The molecular formula is C27H26N6O8. The highest BCUT2D eigenvalue weighted by atomic mass is 16.7. The van der Waals surface area contributed by atoms with Crippen LogP contribution in [0, 0.1) is 10.1 Å². The maximum absolute atomic E-state index is 12.8. The topological polar surface area (TPSA) is 162 Å². The van der Waals surface area contributed by atoms with Crippen LogP contribution < -0.4 is 14.8 Å². The molecule has 1 aliphatic heterocycles. The molecular weight excluding hydrogens is 536 g/mol. The van der Waals surface area contributed by atoms with Crippen molar-refractivity contribution < 1.29 is 33.5 Å². The van der Waals surface area contributed by atoms with E-state index in [4.69, 9.17) is 18.9 Å². The fourth-order valence-electron chi connectivity index (χ4n) is 4.34. The van der Waals surface area contributed by atoms with Crippen LogP contribution in [-0.2, 0) is 23.1 Å². The largest absolute Gasteiger partial charge is 0.514 e. The third kappa shape index (κ3) is 6.50. The predicted molar refractivity (Wildman–Crippen MR) is 143 cm³/mol. The number of nitrogens with zero attached hydrogens (tertiary/aromatic N) is 5. The number of anilines is 1. The maximum Gasteiger partial charge on any atom is 0.514 e. The zero-order valence-corrected chi connectivity index (χ0v) is 22.1. The molecule has 1 fully saturated rings. The molecule has 212 valence electrons. The summed E-state index contributed by atoms with van der Waals surface area (Å²) in [5.74, 6) is 0.791. The molecule has 3 heterocycles. The Balaban J connectivity index is 1.28. The molecule has 0 aliphatic carbocycles. The van der Waals surface area contributed by atoms with Gasteiger partial charge < -0.3 is 24.3 Å². The quantitative estimate of drug-likeness (QED) is 0.137. The number of non-ortho nitro benzene ring substituents is 1. The van der Waals surface area contributed by atoms with E-state index >= 15 is 0 Å². The molecule has 5 rings (SSSR count). The number of hydrogen-bond acceptors (Lipinski definition) is 10. The summed E-state index contributed by atoms with van der Waals surface area (Å²) in [6, 6.07) is 15.9. The van der Waals surface area contributed by atoms with Gasteiger partial charge in [0.05, 0.1) is 30.9 Å². The van der Waals surface area contributed by atoms with Gasteiger partial charge in [-0.1, -0.05) is 12.1 Å². The van der Waals surface area contributed by atoms with E-state index in [-0.39, 0.29) is 24.0 Å². The summed E-state index contributed by atoms with van der Waals surface area (Å²) >= 11 is 0. The van der Waals surface area contributed by atoms with Crippen LogP contribution in [0.5, 0.6) is 11.5 Å². The van der Waals surface area contributed by atoms with E-state index < -0.39 is 23.3 Å². The molecule has 1 aliphatic rings. The molecule has 2 aromatic heterocycles. The van der Waals surface area contributed by atoms with E-state index in [2.05, 4.69) is 15.5 Å². The number of nitro groups is 1. The summed E-state index contributed by atoms with van der Waals surface area (Å²) in [6.45, 7) is 0.499. The van der Waals surface area contributed by atoms with Crippen LogP contribution in [0.1, 0.15) is 34.3 Å². The van der Waals surface area contributed by atoms with Crippen molar-refractivity contribution in [3.8, 4) is 11.5 Å². The first-order chi connectivity index (χ1) is 19.8. The maximum atomic E-state index is 12.8. The molecule has 0 radical (unpaired) electrons. The number of ether oxygens (including phenoxy) is 4. The number of aryl methyl sites for hydroxylation is 1. The summed E-state index contributed by atoms with van der Waals surface area (Å²) in [5.41, 5.74) is 1.86. The minimum absolute atomic E-state index is 0.113. The highest BCUT2D eigenvalue weighted by Gasteiger charge is 2.33. The lowest BCUT2D eigenvalue weighted by atomic mass is 10.1. The molecule has 2 atom stereocenters. The van der Waals surface area contributed by atoms with Gasteiger partial charge in [0, 0.05) is 37.9 Å². The van der Waals surface area contributed by atoms with Crippen LogP contribution in [0.15, 0.2) is 66.9 Å². The van der Waals surface area contributed by atoms with Gasteiger partial charge in [-0.2, -0.15) is 10.2 Å². The number of methoxy groups -OCH3 is 1. The van der Waals surface area contributed by atoms with Gasteiger partial charge in [-0.05, 0) is 35.9 Å². The first kappa shape index (κ1) is 27.3. The van der Waals surface area contributed by atoms with Gasteiger partial charge in [-0.25, -0.2) is 4.79 Å². The smallest absolute Gasteiger partial charge is 0.497 e. The highest BCUT2D eigenvalue weighted by molar-refractivity contribution is 6.02. The molecule has 41 heavy (non-hydrogen) atoms. The van der Waals surface area contributed by atoms with E-state index in [9.17, 15) is 19.7 Å². The summed E-state index contributed by atoms with van der Waals surface area (Å²) in [7, 11) is 3.26. The second-order valence-corrected chi connectivity index (χ2v) is 9.15. The molecule has 4 aromatic rings. The minimum Gasteiger partial charge on any atom is -0.497 e. The summed E-state index contributed by atoms with van der Waals surface area (Å²) < 4.78 is 24.9. The Morgan fingerprint density at radius 1 is 1.12 bits per heavy atom. The SMILES string of the molecule is COc1ccc(Cn2nc(NC(=O)c3ccnn3C)cc2C2CC(OC(=O)Oc3ccc([N+](=O)[O-])cc3)CO2)cc1. The number of carbonyl (C=O) groups is 2. The van der Waals surface area contributed by atoms with E-state index in [0.29, 0.717) is 30.2 Å². The lowest BCUT2D eigenvalue weighted by molar-refractivity contribution is -0.384. The van der Waals surface area contributed by atoms with Gasteiger partial charge in [0.15, 0.2) is 5.82 Å². The normalized spacial score (nSPS) is 16.2. The highest BCUT2D eigenvalue weighted by Crippen LogP contribution is 2.33. The molecule has 0 bridgehead atoms. The van der Waals surface area contributed by atoms with Crippen LogP contribution in [-0.4, -0.2) is 56.4 Å². The number of hydrogen-bond donors (Lipinski definition) is 1. The average Bonchev–Trinajstić information content (AvgIpc) is 3.69. The van der Waals surface area contributed by atoms with Crippen molar-refractivity contribution in [2.24, 2.45) is 7.05 Å². The Labute approximate surface area is 233 Å². The van der Waals surface area contributed by atoms with Gasteiger partial charge in [0.25, 0.3) is 11.6 Å². The van der Waals surface area contributed by atoms with Crippen LogP contribution >= 0.6 is 0 Å². The van der Waals surface area contributed by atoms with E-state index in [1.54, 1.807) is 31.0 Å². The Kier molecular flexibility index (Phi) is 7.92. The van der Waals surface area contributed by atoms with Crippen molar-refractivity contribution in [2.75, 3.05) is 19.0 Å². The second-order valence-electron chi connectivity index (χ2n) is 9.15. The summed E-state index contributed by atoms with van der Waals surface area (Å²) in [4.78, 5) is 35.4. The van der Waals surface area contributed by atoms with E-state index in [1.807, 2.05) is 24.3 Å². The fraction of sp³-hybridized carbons (Fsp3) is 0.259. The first-order valence-electron chi connectivity index (χ1n) is 12.5. The van der Waals surface area contributed by atoms with Crippen molar-refractivity contribution in [1.29, 1.82) is 0 Å². The number of rotatable bonds is 9. The number of nitrogens with one attached hydrogen (secondary N) is 1. The second kappa shape index (κ2) is 11.9. The zero-order valence-electron chi connectivity index (χ0n) is 22.1. The molecule has 2 aromatic carbocycles. The summed E-state index contributed by atoms with van der Waals surface area (Å²) in [6.07, 6.45) is -0.202. The van der Waals surface area contributed by atoms with Crippen LogP contribution in [0.3, 0.4) is 0 Å². The molecule has 1 amide bonds. The van der Waals surface area contributed by atoms with Gasteiger partial charge in [-0.3, -0.25) is 24.3 Å². The Bertz CT molecular complexity index is 1550. The third-order valence-corrected chi connectivity index (χ3v) is 6.40. The lowest BCUT2D eigenvalue weighted by Crippen LogP contribution is -2.21. The molecule has 1 N–H and O–H groups in total. The van der Waals surface area contributed by atoms with Gasteiger partial charge in [0.2, 0.25) is 0 Å². The Morgan fingerprint density at radius 3 is 2.51 bits per heavy atom. The monoisotopic (exact) mass is 562 g/mol. The lowest BCUT2D eigenvalue weighted by Gasteiger charge is -2.13. The van der Waals surface area contributed by atoms with Crippen LogP contribution in [0.2, 0.25) is 0 Å². The number of benzene rings is 2. The zero-order chi connectivity index (χ0) is 28.9. The number of amides is 1. The van der Waals surface area contributed by atoms with Gasteiger partial charge in [0.1, 0.15) is 29.4 Å². The van der Waals surface area contributed by atoms with Crippen molar-refractivity contribution in [3.05, 3.63) is 93.9 Å². The molecule has 0 spiro atoms. The van der Waals surface area contributed by atoms with Gasteiger partial charge in [-0.15, -0.1) is 0 Å². The van der Waals surface area contributed by atoms with Crippen molar-refractivity contribution >= 4 is 23.6 Å². The van der Waals surface area contributed by atoms with Crippen molar-refractivity contribution in [3.63, 3.8) is 0 Å². The fourth-order valence-corrected chi connectivity index (χ4v) is 4.34.